The highest BCUT2D eigenvalue weighted by molar-refractivity contribution is 6.38. The van der Waals surface area contributed by atoms with Crippen molar-refractivity contribution < 1.29 is 14.3 Å². The number of esters is 1. The van der Waals surface area contributed by atoms with Gasteiger partial charge in [0.25, 0.3) is 5.65 Å². The van der Waals surface area contributed by atoms with E-state index in [4.69, 9.17) is 27.9 Å². The number of pyridine rings is 1. The SMILES string of the molecule is COC(=O)c1ccc(Cl)c(Cc2cc3c(C)cc[n+]([O-])c3[nH]2)c1Cl. The van der Waals surface area contributed by atoms with Gasteiger partial charge in [0.05, 0.1) is 29.3 Å². The van der Waals surface area contributed by atoms with Gasteiger partial charge in [-0.05, 0) is 42.3 Å². The van der Waals surface area contributed by atoms with Crippen LogP contribution in [0.5, 0.6) is 0 Å². The van der Waals surface area contributed by atoms with Crippen molar-refractivity contribution in [3.8, 4) is 0 Å². The first-order valence-corrected chi connectivity index (χ1v) is 7.93. The van der Waals surface area contributed by atoms with E-state index in [1.807, 2.05) is 13.0 Å². The standard InChI is InChI=1S/C17H14Cl2N2O3/c1-9-5-6-21(23)16-12(9)7-10(20-16)8-13-14(18)4-3-11(15(13)19)17(22)24-2/h3-7,20H,8H2,1-2H3. The van der Waals surface area contributed by atoms with Crippen molar-refractivity contribution in [1.29, 1.82) is 0 Å². The summed E-state index contributed by atoms with van der Waals surface area (Å²) in [6.45, 7) is 1.93. The lowest BCUT2D eigenvalue weighted by molar-refractivity contribution is -0.579. The molecular weight excluding hydrogens is 351 g/mol. The van der Waals surface area contributed by atoms with E-state index < -0.39 is 5.97 Å². The van der Waals surface area contributed by atoms with Crippen LogP contribution in [0.4, 0.5) is 0 Å². The molecule has 0 unspecified atom stereocenters. The molecule has 0 bridgehead atoms. The molecule has 0 atom stereocenters. The molecule has 0 aliphatic rings. The smallest absolute Gasteiger partial charge is 0.339 e. The van der Waals surface area contributed by atoms with Gasteiger partial charge in [-0.1, -0.05) is 23.2 Å². The molecule has 24 heavy (non-hydrogen) atoms. The van der Waals surface area contributed by atoms with Gasteiger partial charge in [-0.2, -0.15) is 0 Å². The van der Waals surface area contributed by atoms with Crippen LogP contribution in [0.15, 0.2) is 30.5 Å². The van der Waals surface area contributed by atoms with Crippen molar-refractivity contribution in [3.63, 3.8) is 0 Å². The molecule has 3 aromatic rings. The highest BCUT2D eigenvalue weighted by Crippen LogP contribution is 2.31. The topological polar surface area (TPSA) is 69.0 Å². The number of rotatable bonds is 3. The van der Waals surface area contributed by atoms with E-state index in [1.54, 1.807) is 12.1 Å². The molecule has 0 radical (unpaired) electrons. The number of methoxy groups -OCH3 is 1. The first-order chi connectivity index (χ1) is 11.4. The first-order valence-electron chi connectivity index (χ1n) is 7.18. The number of nitrogens with zero attached hydrogens (tertiary/aromatic N) is 1. The molecule has 0 saturated heterocycles. The number of hydrogen-bond acceptors (Lipinski definition) is 3. The third-order valence-electron chi connectivity index (χ3n) is 3.92. The second-order valence-corrected chi connectivity index (χ2v) is 6.22. The number of aryl methyl sites for hydroxylation is 1. The quantitative estimate of drug-likeness (QED) is 0.436. The molecule has 2 heterocycles. The van der Waals surface area contributed by atoms with E-state index in [-0.39, 0.29) is 10.6 Å². The van der Waals surface area contributed by atoms with Gasteiger partial charge < -0.3 is 9.94 Å². The molecule has 5 nitrogen and oxygen atoms in total. The van der Waals surface area contributed by atoms with Gasteiger partial charge in [0.1, 0.15) is 5.69 Å². The third kappa shape index (κ3) is 2.81. The number of ether oxygens (including phenoxy) is 1. The number of nitrogens with one attached hydrogen (secondary N) is 1. The van der Waals surface area contributed by atoms with Crippen LogP contribution in [0.3, 0.4) is 0 Å². The number of benzene rings is 1. The zero-order valence-corrected chi connectivity index (χ0v) is 14.5. The van der Waals surface area contributed by atoms with Crippen LogP contribution >= 0.6 is 23.2 Å². The molecule has 1 N–H and O–H groups in total. The van der Waals surface area contributed by atoms with Gasteiger partial charge in [-0.15, -0.1) is 0 Å². The van der Waals surface area contributed by atoms with Gasteiger partial charge in [0.2, 0.25) is 0 Å². The summed E-state index contributed by atoms with van der Waals surface area (Å²) in [5.41, 5.74) is 3.09. The number of halogens is 2. The molecule has 124 valence electrons. The second kappa shape index (κ2) is 6.34. The summed E-state index contributed by atoms with van der Waals surface area (Å²) in [7, 11) is 1.29. The minimum atomic E-state index is -0.525. The number of H-pyrrole nitrogens is 1. The fraction of sp³-hybridized carbons (Fsp3) is 0.176. The van der Waals surface area contributed by atoms with E-state index in [9.17, 15) is 10.0 Å². The maximum Gasteiger partial charge on any atom is 0.339 e. The van der Waals surface area contributed by atoms with Gasteiger partial charge in [-0.3, -0.25) is 0 Å². The van der Waals surface area contributed by atoms with Gasteiger partial charge in [0, 0.05) is 11.4 Å². The second-order valence-electron chi connectivity index (χ2n) is 5.44. The molecule has 7 heteroatoms. The zero-order valence-electron chi connectivity index (χ0n) is 13.0. The Balaban J connectivity index is 2.07. The predicted molar refractivity (Wildman–Crippen MR) is 92.6 cm³/mol. The summed E-state index contributed by atoms with van der Waals surface area (Å²) in [5.74, 6) is -0.525. The number of carbonyl (C=O) groups excluding carboxylic acids is 1. The summed E-state index contributed by atoms with van der Waals surface area (Å²) >= 11 is 12.6. The van der Waals surface area contributed by atoms with Crippen LogP contribution in [0.1, 0.15) is 27.2 Å². The van der Waals surface area contributed by atoms with Crippen LogP contribution < -0.4 is 4.73 Å². The number of aromatic nitrogens is 2. The largest absolute Gasteiger partial charge is 0.711 e. The molecular formula is C17H14Cl2N2O3. The van der Waals surface area contributed by atoms with Crippen LogP contribution in [-0.4, -0.2) is 18.1 Å². The normalized spacial score (nSPS) is 11.0. The summed E-state index contributed by atoms with van der Waals surface area (Å²) in [5, 5.41) is 13.4. The van der Waals surface area contributed by atoms with Gasteiger partial charge in [-0.25, -0.2) is 14.5 Å². The fourth-order valence-electron chi connectivity index (χ4n) is 2.63. The van der Waals surface area contributed by atoms with Crippen LogP contribution in [0.25, 0.3) is 11.0 Å². The summed E-state index contributed by atoms with van der Waals surface area (Å²) in [6.07, 6.45) is 1.81. The highest BCUT2D eigenvalue weighted by Gasteiger charge is 2.19. The van der Waals surface area contributed by atoms with E-state index in [0.29, 0.717) is 22.7 Å². The minimum absolute atomic E-state index is 0.250. The zero-order chi connectivity index (χ0) is 17.4. The molecule has 3 rings (SSSR count). The first kappa shape index (κ1) is 16.6. The Morgan fingerprint density at radius 3 is 2.75 bits per heavy atom. The number of hydrogen-bond donors (Lipinski definition) is 1. The maximum absolute atomic E-state index is 11.9. The fourth-order valence-corrected chi connectivity index (χ4v) is 3.21. The minimum Gasteiger partial charge on any atom is -0.711 e. The molecule has 0 aliphatic carbocycles. The van der Waals surface area contributed by atoms with Gasteiger partial charge >= 0.3 is 5.97 Å². The van der Waals surface area contributed by atoms with E-state index in [0.717, 1.165) is 21.4 Å². The molecule has 1 aromatic carbocycles. The summed E-state index contributed by atoms with van der Waals surface area (Å²) in [4.78, 5) is 14.9. The monoisotopic (exact) mass is 364 g/mol. The van der Waals surface area contributed by atoms with Crippen molar-refractivity contribution >= 4 is 40.2 Å². The lowest BCUT2D eigenvalue weighted by Gasteiger charge is -2.09. The molecule has 0 fully saturated rings. The molecule has 0 aliphatic heterocycles. The van der Waals surface area contributed by atoms with E-state index in [2.05, 4.69) is 4.98 Å². The van der Waals surface area contributed by atoms with Gasteiger partial charge in [0.15, 0.2) is 0 Å². The molecule has 0 saturated carbocycles. The van der Waals surface area contributed by atoms with Crippen molar-refractivity contribution in [2.45, 2.75) is 13.3 Å². The van der Waals surface area contributed by atoms with E-state index in [1.165, 1.54) is 19.4 Å². The lowest BCUT2D eigenvalue weighted by atomic mass is 10.1. The number of aromatic amines is 1. The molecule has 0 spiro atoms. The average Bonchev–Trinajstić information content (AvgIpc) is 2.99. The number of fused-ring (bicyclic) bond motifs is 1. The van der Waals surface area contributed by atoms with E-state index >= 15 is 0 Å². The Kier molecular flexibility index (Phi) is 4.39. The predicted octanol–water partition coefficient (Wildman–Crippen LogP) is 3.79. The summed E-state index contributed by atoms with van der Waals surface area (Å²) < 4.78 is 5.50. The third-order valence-corrected chi connectivity index (χ3v) is 4.70. The molecule has 2 aromatic heterocycles. The maximum atomic E-state index is 11.9. The number of carbonyl (C=O) groups is 1. The molecule has 0 amide bonds. The summed E-state index contributed by atoms with van der Waals surface area (Å²) in [6, 6.07) is 6.78. The average molecular weight is 365 g/mol. The Morgan fingerprint density at radius 2 is 2.08 bits per heavy atom. The lowest BCUT2D eigenvalue weighted by Crippen LogP contribution is -2.26. The van der Waals surface area contributed by atoms with Crippen molar-refractivity contribution in [2.24, 2.45) is 0 Å². The Hall–Kier alpha value is -2.24. The van der Waals surface area contributed by atoms with Crippen LogP contribution in [-0.2, 0) is 11.2 Å². The Labute approximate surface area is 148 Å². The van der Waals surface area contributed by atoms with Crippen molar-refractivity contribution in [2.75, 3.05) is 7.11 Å². The van der Waals surface area contributed by atoms with Crippen LogP contribution in [0, 0.1) is 12.1 Å². The van der Waals surface area contributed by atoms with Crippen molar-refractivity contribution in [1.82, 2.24) is 4.98 Å². The Morgan fingerprint density at radius 1 is 1.33 bits per heavy atom. The Bertz CT molecular complexity index is 912. The highest BCUT2D eigenvalue weighted by atomic mass is 35.5. The van der Waals surface area contributed by atoms with Crippen molar-refractivity contribution in [3.05, 3.63) is 68.1 Å². The van der Waals surface area contributed by atoms with Crippen LogP contribution in [0.2, 0.25) is 10.0 Å².